The number of carbonyl (C=O) groups excluding carboxylic acids is 1. The van der Waals surface area contributed by atoms with Gasteiger partial charge < -0.3 is 20.5 Å². The summed E-state index contributed by atoms with van der Waals surface area (Å²) in [5.74, 6) is 0.978. The quantitative estimate of drug-likeness (QED) is 0.809. The lowest BCUT2D eigenvalue weighted by atomic mass is 9.95. The molecule has 0 saturated heterocycles. The largest absolute Gasteiger partial charge is 0.493 e. The van der Waals surface area contributed by atoms with Crippen LogP contribution in [0, 0.1) is 0 Å². The van der Waals surface area contributed by atoms with Gasteiger partial charge in [0.25, 0.3) is 5.91 Å². The van der Waals surface area contributed by atoms with Crippen molar-refractivity contribution in [3.05, 3.63) is 18.2 Å². The highest BCUT2D eigenvalue weighted by molar-refractivity contribution is 5.78. The fourth-order valence-corrected chi connectivity index (χ4v) is 2.46. The highest BCUT2D eigenvalue weighted by Gasteiger charge is 2.16. The number of nitrogens with two attached hydrogens (primary N) is 1. The summed E-state index contributed by atoms with van der Waals surface area (Å²) in [6, 6.07) is 5.40. The van der Waals surface area contributed by atoms with Crippen LogP contribution in [-0.4, -0.2) is 25.7 Å². The van der Waals surface area contributed by atoms with Crippen molar-refractivity contribution in [1.82, 2.24) is 5.32 Å². The second kappa shape index (κ2) is 7.03. The minimum Gasteiger partial charge on any atom is -0.493 e. The molecular formula is C15H22N2O3. The Hall–Kier alpha value is -1.91. The van der Waals surface area contributed by atoms with E-state index >= 15 is 0 Å². The Morgan fingerprint density at radius 2 is 2.05 bits per heavy atom. The monoisotopic (exact) mass is 278 g/mol. The molecule has 3 N–H and O–H groups in total. The van der Waals surface area contributed by atoms with Crippen molar-refractivity contribution in [3.8, 4) is 11.5 Å². The number of methoxy groups -OCH3 is 1. The van der Waals surface area contributed by atoms with Crippen molar-refractivity contribution in [2.24, 2.45) is 0 Å². The van der Waals surface area contributed by atoms with Gasteiger partial charge in [-0.15, -0.1) is 0 Å². The van der Waals surface area contributed by atoms with Gasteiger partial charge in [-0.1, -0.05) is 19.3 Å². The van der Waals surface area contributed by atoms with Crippen LogP contribution < -0.4 is 20.5 Å². The van der Waals surface area contributed by atoms with E-state index in [0.717, 1.165) is 12.8 Å². The van der Waals surface area contributed by atoms with Gasteiger partial charge in [-0.3, -0.25) is 4.79 Å². The molecule has 1 aromatic rings. The fourth-order valence-electron chi connectivity index (χ4n) is 2.46. The van der Waals surface area contributed by atoms with Crippen LogP contribution in [-0.2, 0) is 4.79 Å². The van der Waals surface area contributed by atoms with Crippen LogP contribution in [0.1, 0.15) is 32.1 Å². The number of nitrogens with one attached hydrogen (secondary N) is 1. The van der Waals surface area contributed by atoms with Crippen LogP contribution in [0.15, 0.2) is 18.2 Å². The zero-order valence-electron chi connectivity index (χ0n) is 11.9. The van der Waals surface area contributed by atoms with Gasteiger partial charge in [0.2, 0.25) is 0 Å². The molecule has 1 fully saturated rings. The van der Waals surface area contributed by atoms with Crippen molar-refractivity contribution in [2.75, 3.05) is 19.5 Å². The molecule has 2 rings (SSSR count). The number of carbonyl (C=O) groups is 1. The molecular weight excluding hydrogens is 256 g/mol. The Morgan fingerprint density at radius 1 is 1.30 bits per heavy atom. The van der Waals surface area contributed by atoms with Crippen LogP contribution in [0.2, 0.25) is 0 Å². The van der Waals surface area contributed by atoms with E-state index in [1.54, 1.807) is 25.3 Å². The highest BCUT2D eigenvalue weighted by Crippen LogP contribution is 2.28. The molecule has 1 aliphatic carbocycles. The maximum atomic E-state index is 11.8. The minimum absolute atomic E-state index is 0.00320. The molecule has 1 amide bonds. The van der Waals surface area contributed by atoms with E-state index in [-0.39, 0.29) is 12.5 Å². The second-order valence-corrected chi connectivity index (χ2v) is 5.10. The molecule has 0 unspecified atom stereocenters. The third-order valence-electron chi connectivity index (χ3n) is 3.52. The van der Waals surface area contributed by atoms with E-state index in [9.17, 15) is 4.79 Å². The third-order valence-corrected chi connectivity index (χ3v) is 3.52. The van der Waals surface area contributed by atoms with Crippen LogP contribution in [0.3, 0.4) is 0 Å². The zero-order valence-corrected chi connectivity index (χ0v) is 11.9. The summed E-state index contributed by atoms with van der Waals surface area (Å²) in [6.07, 6.45) is 5.79. The SMILES string of the molecule is COc1cc(N)ccc1OCC(=O)NC1CCCCC1. The first-order valence-corrected chi connectivity index (χ1v) is 7.04. The molecule has 0 radical (unpaired) electrons. The average Bonchev–Trinajstić information content (AvgIpc) is 2.47. The summed E-state index contributed by atoms with van der Waals surface area (Å²) in [7, 11) is 1.55. The van der Waals surface area contributed by atoms with E-state index in [1.165, 1.54) is 19.3 Å². The van der Waals surface area contributed by atoms with E-state index in [4.69, 9.17) is 15.2 Å². The fraction of sp³-hybridized carbons (Fsp3) is 0.533. The molecule has 5 nitrogen and oxygen atoms in total. The average molecular weight is 278 g/mol. The lowest BCUT2D eigenvalue weighted by Gasteiger charge is -2.22. The molecule has 0 bridgehead atoms. The Kier molecular flexibility index (Phi) is 5.09. The Bertz CT molecular complexity index is 456. The third kappa shape index (κ3) is 4.05. The second-order valence-electron chi connectivity index (χ2n) is 5.10. The van der Waals surface area contributed by atoms with Crippen molar-refractivity contribution < 1.29 is 14.3 Å². The molecule has 1 aromatic carbocycles. The van der Waals surface area contributed by atoms with Crippen molar-refractivity contribution >= 4 is 11.6 Å². The van der Waals surface area contributed by atoms with Gasteiger partial charge >= 0.3 is 0 Å². The van der Waals surface area contributed by atoms with E-state index in [2.05, 4.69) is 5.32 Å². The topological polar surface area (TPSA) is 73.6 Å². The Labute approximate surface area is 119 Å². The van der Waals surface area contributed by atoms with Gasteiger partial charge in [0.05, 0.1) is 7.11 Å². The lowest BCUT2D eigenvalue weighted by Crippen LogP contribution is -2.38. The van der Waals surface area contributed by atoms with Crippen molar-refractivity contribution in [1.29, 1.82) is 0 Å². The van der Waals surface area contributed by atoms with Crippen LogP contribution >= 0.6 is 0 Å². The molecule has 0 aromatic heterocycles. The maximum absolute atomic E-state index is 11.8. The lowest BCUT2D eigenvalue weighted by molar-refractivity contribution is -0.124. The number of hydrogen-bond donors (Lipinski definition) is 2. The predicted molar refractivity (Wildman–Crippen MR) is 77.9 cm³/mol. The van der Waals surface area contributed by atoms with Gasteiger partial charge in [-0.2, -0.15) is 0 Å². The summed E-state index contributed by atoms with van der Waals surface area (Å²) in [5.41, 5.74) is 6.27. The highest BCUT2D eigenvalue weighted by atomic mass is 16.5. The number of nitrogen functional groups attached to an aromatic ring is 1. The predicted octanol–water partition coefficient (Wildman–Crippen LogP) is 2.11. The Balaban J connectivity index is 1.83. The summed E-state index contributed by atoms with van der Waals surface area (Å²) >= 11 is 0. The molecule has 0 aliphatic heterocycles. The minimum atomic E-state index is -0.0872. The van der Waals surface area contributed by atoms with Crippen LogP contribution in [0.25, 0.3) is 0 Å². The molecule has 5 heteroatoms. The van der Waals surface area contributed by atoms with E-state index in [1.807, 2.05) is 0 Å². The first-order chi connectivity index (χ1) is 9.69. The van der Waals surface area contributed by atoms with Gasteiger partial charge in [0, 0.05) is 17.8 Å². The van der Waals surface area contributed by atoms with Gasteiger partial charge in [0.1, 0.15) is 0 Å². The van der Waals surface area contributed by atoms with Crippen molar-refractivity contribution in [3.63, 3.8) is 0 Å². The molecule has 110 valence electrons. The molecule has 0 heterocycles. The number of hydrogen-bond acceptors (Lipinski definition) is 4. The van der Waals surface area contributed by atoms with Crippen molar-refractivity contribution in [2.45, 2.75) is 38.1 Å². The van der Waals surface area contributed by atoms with Crippen LogP contribution in [0.4, 0.5) is 5.69 Å². The number of benzene rings is 1. The number of rotatable bonds is 5. The number of ether oxygens (including phenoxy) is 2. The van der Waals surface area contributed by atoms with Gasteiger partial charge in [-0.05, 0) is 25.0 Å². The Morgan fingerprint density at radius 3 is 2.75 bits per heavy atom. The first kappa shape index (κ1) is 14.5. The molecule has 20 heavy (non-hydrogen) atoms. The molecule has 0 spiro atoms. The number of amides is 1. The zero-order chi connectivity index (χ0) is 14.4. The summed E-state index contributed by atoms with van der Waals surface area (Å²) < 4.78 is 10.7. The molecule has 1 aliphatic rings. The standard InChI is InChI=1S/C15H22N2O3/c1-19-14-9-11(16)7-8-13(14)20-10-15(18)17-12-5-3-2-4-6-12/h7-9,12H,2-6,10,16H2,1H3,(H,17,18). The summed E-state index contributed by atoms with van der Waals surface area (Å²) in [4.78, 5) is 11.8. The molecule has 0 atom stereocenters. The van der Waals surface area contributed by atoms with E-state index in [0.29, 0.717) is 23.2 Å². The number of anilines is 1. The summed E-state index contributed by atoms with van der Waals surface area (Å²) in [5, 5.41) is 3.01. The molecule has 1 saturated carbocycles. The van der Waals surface area contributed by atoms with Gasteiger partial charge in [-0.25, -0.2) is 0 Å². The smallest absolute Gasteiger partial charge is 0.258 e. The summed E-state index contributed by atoms with van der Waals surface area (Å²) in [6.45, 7) is -0.00320. The van der Waals surface area contributed by atoms with Gasteiger partial charge in [0.15, 0.2) is 18.1 Å². The maximum Gasteiger partial charge on any atom is 0.258 e. The normalized spacial score (nSPS) is 15.7. The van der Waals surface area contributed by atoms with Crippen LogP contribution in [0.5, 0.6) is 11.5 Å². The van der Waals surface area contributed by atoms with E-state index < -0.39 is 0 Å². The first-order valence-electron chi connectivity index (χ1n) is 7.04.